The molecule has 3 nitrogen and oxygen atoms in total. The first-order valence-electron chi connectivity index (χ1n) is 6.03. The third-order valence-corrected chi connectivity index (χ3v) is 3.44. The van der Waals surface area contributed by atoms with E-state index in [4.69, 9.17) is 9.47 Å². The average molecular weight is 272 g/mol. The Morgan fingerprint density at radius 1 is 1.26 bits per heavy atom. The fourth-order valence-corrected chi connectivity index (χ4v) is 2.23. The summed E-state index contributed by atoms with van der Waals surface area (Å²) in [7, 11) is 0. The summed E-state index contributed by atoms with van der Waals surface area (Å²) in [6.45, 7) is 0. The van der Waals surface area contributed by atoms with Gasteiger partial charge in [0, 0.05) is 5.56 Å². The number of esters is 1. The average Bonchev–Trinajstić information content (AvgIpc) is 2.60. The number of benzene rings is 1. The molecule has 0 bridgehead atoms. The van der Waals surface area contributed by atoms with E-state index in [0.29, 0.717) is 0 Å². The van der Waals surface area contributed by atoms with Gasteiger partial charge in [0.2, 0.25) is 6.29 Å². The second-order valence-corrected chi connectivity index (χ2v) is 4.69. The summed E-state index contributed by atoms with van der Waals surface area (Å²) in [5.74, 6) is -0.966. The van der Waals surface area contributed by atoms with Gasteiger partial charge in [0.05, 0.1) is 17.2 Å². The standard InChI is InChI=1S/C13H11F3O3/c14-13(15,16)9-6-2-5-8-10(9)11(17)19-12(8)18-7-3-1-4-7/h2,5-7,12H,1,3-4H2. The van der Waals surface area contributed by atoms with E-state index in [2.05, 4.69) is 0 Å². The van der Waals surface area contributed by atoms with Crippen LogP contribution in [0, 0.1) is 0 Å². The van der Waals surface area contributed by atoms with Crippen molar-refractivity contribution < 1.29 is 27.4 Å². The highest BCUT2D eigenvalue weighted by atomic mass is 19.4. The molecule has 1 aliphatic heterocycles. The van der Waals surface area contributed by atoms with Crippen LogP contribution in [0.2, 0.25) is 0 Å². The molecule has 1 saturated carbocycles. The predicted octanol–water partition coefficient (Wildman–Crippen LogP) is 3.44. The van der Waals surface area contributed by atoms with E-state index in [1.54, 1.807) is 0 Å². The van der Waals surface area contributed by atoms with Gasteiger partial charge in [0.25, 0.3) is 0 Å². The molecular weight excluding hydrogens is 261 g/mol. The van der Waals surface area contributed by atoms with Crippen LogP contribution in [-0.2, 0) is 15.7 Å². The van der Waals surface area contributed by atoms with Crippen LogP contribution in [-0.4, -0.2) is 12.1 Å². The maximum Gasteiger partial charge on any atom is 0.417 e. The zero-order chi connectivity index (χ0) is 13.6. The Morgan fingerprint density at radius 2 is 2.00 bits per heavy atom. The van der Waals surface area contributed by atoms with Crippen molar-refractivity contribution >= 4 is 5.97 Å². The van der Waals surface area contributed by atoms with Crippen LogP contribution in [0.3, 0.4) is 0 Å². The van der Waals surface area contributed by atoms with Crippen molar-refractivity contribution in [2.75, 3.05) is 0 Å². The van der Waals surface area contributed by atoms with E-state index in [1.165, 1.54) is 12.1 Å². The highest BCUT2D eigenvalue weighted by molar-refractivity contribution is 5.95. The molecule has 0 spiro atoms. The first kappa shape index (κ1) is 12.5. The van der Waals surface area contributed by atoms with Gasteiger partial charge >= 0.3 is 12.1 Å². The Hall–Kier alpha value is -1.56. The molecule has 1 atom stereocenters. The van der Waals surface area contributed by atoms with E-state index in [1.807, 2.05) is 0 Å². The highest BCUT2D eigenvalue weighted by Crippen LogP contribution is 2.41. The lowest BCUT2D eigenvalue weighted by molar-refractivity contribution is -0.156. The Kier molecular flexibility index (Phi) is 2.78. The third-order valence-electron chi connectivity index (χ3n) is 3.44. The minimum Gasteiger partial charge on any atom is -0.428 e. The lowest BCUT2D eigenvalue weighted by atomic mass is 9.96. The van der Waals surface area contributed by atoms with Gasteiger partial charge in [-0.25, -0.2) is 4.79 Å². The summed E-state index contributed by atoms with van der Waals surface area (Å²) in [6.07, 6.45) is -2.88. The van der Waals surface area contributed by atoms with Gasteiger partial charge in [-0.1, -0.05) is 12.1 Å². The van der Waals surface area contributed by atoms with Crippen molar-refractivity contribution in [3.8, 4) is 0 Å². The fraction of sp³-hybridized carbons (Fsp3) is 0.462. The number of hydrogen-bond acceptors (Lipinski definition) is 3. The molecule has 1 aromatic carbocycles. The summed E-state index contributed by atoms with van der Waals surface area (Å²) in [5.41, 5.74) is -1.21. The molecule has 0 saturated heterocycles. The van der Waals surface area contributed by atoms with Crippen LogP contribution >= 0.6 is 0 Å². The topological polar surface area (TPSA) is 35.5 Å². The van der Waals surface area contributed by atoms with Gasteiger partial charge in [-0.2, -0.15) is 13.2 Å². The molecule has 1 fully saturated rings. The van der Waals surface area contributed by atoms with Crippen LogP contribution in [0.4, 0.5) is 13.2 Å². The number of carbonyl (C=O) groups excluding carboxylic acids is 1. The quantitative estimate of drug-likeness (QED) is 0.773. The van der Waals surface area contributed by atoms with Crippen LogP contribution in [0.1, 0.15) is 47.0 Å². The SMILES string of the molecule is O=C1OC(OC2CCC2)c2cccc(C(F)(F)F)c21. The van der Waals surface area contributed by atoms with E-state index in [-0.39, 0.29) is 11.7 Å². The molecule has 102 valence electrons. The van der Waals surface area contributed by atoms with Gasteiger partial charge in [-0.15, -0.1) is 0 Å². The van der Waals surface area contributed by atoms with Crippen molar-refractivity contribution in [2.24, 2.45) is 0 Å². The second-order valence-electron chi connectivity index (χ2n) is 4.69. The zero-order valence-electron chi connectivity index (χ0n) is 9.87. The van der Waals surface area contributed by atoms with Crippen molar-refractivity contribution in [1.82, 2.24) is 0 Å². The van der Waals surface area contributed by atoms with Gasteiger partial charge < -0.3 is 9.47 Å². The molecule has 1 aromatic rings. The maximum absolute atomic E-state index is 12.8. The molecular formula is C13H11F3O3. The lowest BCUT2D eigenvalue weighted by Crippen LogP contribution is -2.24. The molecule has 2 aliphatic rings. The van der Waals surface area contributed by atoms with E-state index in [0.717, 1.165) is 25.3 Å². The molecule has 1 unspecified atom stereocenters. The van der Waals surface area contributed by atoms with Gasteiger partial charge in [0.15, 0.2) is 0 Å². The van der Waals surface area contributed by atoms with Crippen molar-refractivity contribution in [3.63, 3.8) is 0 Å². The van der Waals surface area contributed by atoms with Gasteiger partial charge in [-0.05, 0) is 25.3 Å². The number of halogens is 3. The van der Waals surface area contributed by atoms with Crippen LogP contribution in [0.25, 0.3) is 0 Å². The Labute approximate surface area is 107 Å². The first-order chi connectivity index (χ1) is 8.97. The highest BCUT2D eigenvalue weighted by Gasteiger charge is 2.43. The molecule has 0 aromatic heterocycles. The summed E-state index contributed by atoms with van der Waals surface area (Å²) < 4.78 is 48.9. The third kappa shape index (κ3) is 2.10. The van der Waals surface area contributed by atoms with Crippen LogP contribution in [0.5, 0.6) is 0 Å². The summed E-state index contributed by atoms with van der Waals surface area (Å²) in [6, 6.07) is 3.59. The smallest absolute Gasteiger partial charge is 0.417 e. The Bertz CT molecular complexity index is 520. The van der Waals surface area contributed by atoms with Crippen molar-refractivity contribution in [1.29, 1.82) is 0 Å². The zero-order valence-corrected chi connectivity index (χ0v) is 9.87. The van der Waals surface area contributed by atoms with E-state index in [9.17, 15) is 18.0 Å². The van der Waals surface area contributed by atoms with Gasteiger partial charge in [-0.3, -0.25) is 0 Å². The van der Waals surface area contributed by atoms with Crippen molar-refractivity contribution in [2.45, 2.75) is 37.8 Å². The van der Waals surface area contributed by atoms with Crippen LogP contribution in [0.15, 0.2) is 18.2 Å². The molecule has 0 amide bonds. The maximum atomic E-state index is 12.8. The minimum absolute atomic E-state index is 0.0294. The number of rotatable bonds is 2. The Balaban J connectivity index is 1.96. The van der Waals surface area contributed by atoms with E-state index < -0.39 is 29.6 Å². The Morgan fingerprint density at radius 3 is 2.58 bits per heavy atom. The number of carbonyl (C=O) groups is 1. The summed E-state index contributed by atoms with van der Waals surface area (Å²) in [5, 5.41) is 0. The molecule has 19 heavy (non-hydrogen) atoms. The molecule has 1 heterocycles. The second kappa shape index (κ2) is 4.23. The number of fused-ring (bicyclic) bond motifs is 1. The number of hydrogen-bond donors (Lipinski definition) is 0. The predicted molar refractivity (Wildman–Crippen MR) is 58.3 cm³/mol. The molecule has 1 aliphatic carbocycles. The number of ether oxygens (including phenoxy) is 2. The monoisotopic (exact) mass is 272 g/mol. The van der Waals surface area contributed by atoms with Crippen molar-refractivity contribution in [3.05, 3.63) is 34.9 Å². The molecule has 3 rings (SSSR count). The van der Waals surface area contributed by atoms with E-state index >= 15 is 0 Å². The molecule has 6 heteroatoms. The normalized spacial score (nSPS) is 22.9. The number of cyclic esters (lactones) is 1. The summed E-state index contributed by atoms with van der Waals surface area (Å²) in [4.78, 5) is 11.6. The minimum atomic E-state index is -4.57. The number of alkyl halides is 3. The van der Waals surface area contributed by atoms with Gasteiger partial charge in [0.1, 0.15) is 0 Å². The molecule has 0 radical (unpaired) electrons. The van der Waals surface area contributed by atoms with Crippen LogP contribution < -0.4 is 0 Å². The fourth-order valence-electron chi connectivity index (χ4n) is 2.23. The molecule has 0 N–H and O–H groups in total. The lowest BCUT2D eigenvalue weighted by Gasteiger charge is -2.28. The largest absolute Gasteiger partial charge is 0.428 e. The summed E-state index contributed by atoms with van der Waals surface area (Å²) >= 11 is 0. The first-order valence-corrected chi connectivity index (χ1v) is 6.03.